The molecule has 0 bridgehead atoms. The minimum Gasteiger partial charge on any atom is -0.392 e. The summed E-state index contributed by atoms with van der Waals surface area (Å²) in [6.45, 7) is 6.71. The number of nitrogens with zero attached hydrogens (tertiary/aromatic N) is 4. The second kappa shape index (κ2) is 11.8. The number of methoxy groups -OCH3 is 1. The van der Waals surface area contributed by atoms with Crippen LogP contribution >= 0.6 is 24.0 Å². The van der Waals surface area contributed by atoms with Crippen LogP contribution in [0.3, 0.4) is 0 Å². The van der Waals surface area contributed by atoms with Crippen molar-refractivity contribution in [1.29, 1.82) is 0 Å². The van der Waals surface area contributed by atoms with Gasteiger partial charge < -0.3 is 25.0 Å². The molecule has 1 aromatic rings. The Morgan fingerprint density at radius 1 is 1.37 bits per heavy atom. The number of ether oxygens (including phenoxy) is 1. The van der Waals surface area contributed by atoms with Crippen LogP contribution in [0.15, 0.2) is 4.99 Å². The number of aliphatic hydroxyl groups is 1. The fourth-order valence-electron chi connectivity index (χ4n) is 3.21. The number of rotatable bonds is 8. The predicted molar refractivity (Wildman–Crippen MR) is 117 cm³/mol. The summed E-state index contributed by atoms with van der Waals surface area (Å²) < 4.78 is 7.04. The number of nitrogens with one attached hydrogen (secondary N) is 2. The third kappa shape index (κ3) is 7.19. The van der Waals surface area contributed by atoms with E-state index in [2.05, 4.69) is 32.7 Å². The maximum Gasteiger partial charge on any atom is 0.191 e. The van der Waals surface area contributed by atoms with E-state index < -0.39 is 0 Å². The Morgan fingerprint density at radius 3 is 2.78 bits per heavy atom. The molecule has 2 unspecified atom stereocenters. The summed E-state index contributed by atoms with van der Waals surface area (Å²) in [5, 5.41) is 25.4. The lowest BCUT2D eigenvalue weighted by molar-refractivity contribution is 0.00397. The zero-order valence-electron chi connectivity index (χ0n) is 17.0. The van der Waals surface area contributed by atoms with Crippen molar-refractivity contribution in [2.75, 3.05) is 26.8 Å². The molecule has 8 nitrogen and oxygen atoms in total. The highest BCUT2D eigenvalue weighted by molar-refractivity contribution is 14.0. The molecular weight excluding hydrogens is 459 g/mol. The van der Waals surface area contributed by atoms with Gasteiger partial charge in [0, 0.05) is 39.3 Å². The first-order valence-corrected chi connectivity index (χ1v) is 9.50. The van der Waals surface area contributed by atoms with E-state index in [9.17, 15) is 5.11 Å². The Bertz CT molecular complexity index is 594. The predicted octanol–water partition coefficient (Wildman–Crippen LogP) is 1.75. The minimum atomic E-state index is -0.264. The normalized spacial score (nSPS) is 23.0. The van der Waals surface area contributed by atoms with Crippen LogP contribution in [0.25, 0.3) is 0 Å². The molecule has 1 fully saturated rings. The topological polar surface area (TPSA) is 96.6 Å². The lowest BCUT2D eigenvalue weighted by Crippen LogP contribution is -2.48. The van der Waals surface area contributed by atoms with Gasteiger partial charge in [-0.2, -0.15) is 0 Å². The highest BCUT2D eigenvalue weighted by atomic mass is 127. The molecule has 9 heteroatoms. The lowest BCUT2D eigenvalue weighted by atomic mass is 9.73. The molecule has 0 radical (unpaired) electrons. The Hall–Kier alpha value is -0.940. The van der Waals surface area contributed by atoms with Crippen LogP contribution in [0.1, 0.15) is 50.7 Å². The summed E-state index contributed by atoms with van der Waals surface area (Å²) in [4.78, 5) is 4.65. The maximum atomic E-state index is 10.4. The molecule has 0 spiro atoms. The molecule has 27 heavy (non-hydrogen) atoms. The van der Waals surface area contributed by atoms with Gasteiger partial charge in [-0.15, -0.1) is 34.2 Å². The number of hydrogen-bond donors (Lipinski definition) is 3. The molecule has 2 rings (SSSR count). The smallest absolute Gasteiger partial charge is 0.191 e. The number of aryl methyl sites for hydroxylation is 1. The van der Waals surface area contributed by atoms with Gasteiger partial charge in [0.2, 0.25) is 0 Å². The first-order valence-electron chi connectivity index (χ1n) is 9.50. The first-order chi connectivity index (χ1) is 12.5. The molecule has 1 aliphatic rings. The number of aromatic nitrogens is 3. The molecule has 0 saturated heterocycles. The van der Waals surface area contributed by atoms with Crippen molar-refractivity contribution in [2.24, 2.45) is 17.5 Å². The SMILES string of the molecule is COCCCNC(=NCc1nnc(C)n1C)NCC1(C)CCCCC1O.I. The van der Waals surface area contributed by atoms with Crippen molar-refractivity contribution >= 4 is 29.9 Å². The van der Waals surface area contributed by atoms with E-state index in [1.807, 2.05) is 18.5 Å². The van der Waals surface area contributed by atoms with E-state index in [0.717, 1.165) is 49.8 Å². The fraction of sp³-hybridized carbons (Fsp3) is 0.833. The molecule has 0 amide bonds. The van der Waals surface area contributed by atoms with E-state index in [-0.39, 0.29) is 35.5 Å². The monoisotopic (exact) mass is 494 g/mol. The van der Waals surface area contributed by atoms with E-state index >= 15 is 0 Å². The number of hydrogen-bond acceptors (Lipinski definition) is 5. The van der Waals surface area contributed by atoms with Crippen molar-refractivity contribution in [2.45, 2.75) is 58.6 Å². The molecule has 0 aliphatic heterocycles. The van der Waals surface area contributed by atoms with Crippen molar-refractivity contribution in [3.8, 4) is 0 Å². The molecule has 1 aromatic heterocycles. The molecule has 2 atom stereocenters. The molecule has 1 heterocycles. The number of aliphatic hydroxyl groups excluding tert-OH is 1. The van der Waals surface area contributed by atoms with E-state index in [1.54, 1.807) is 7.11 Å². The minimum absolute atomic E-state index is 0. The lowest BCUT2D eigenvalue weighted by Gasteiger charge is -2.38. The maximum absolute atomic E-state index is 10.4. The Kier molecular flexibility index (Phi) is 10.5. The van der Waals surface area contributed by atoms with Gasteiger partial charge >= 0.3 is 0 Å². The Balaban J connectivity index is 0.00000364. The van der Waals surface area contributed by atoms with Crippen LogP contribution in [0.2, 0.25) is 0 Å². The van der Waals surface area contributed by atoms with Gasteiger partial charge in [-0.05, 0) is 26.2 Å². The van der Waals surface area contributed by atoms with Crippen LogP contribution < -0.4 is 10.6 Å². The van der Waals surface area contributed by atoms with Crippen molar-refractivity contribution in [1.82, 2.24) is 25.4 Å². The average molecular weight is 494 g/mol. The van der Waals surface area contributed by atoms with Gasteiger partial charge in [-0.25, -0.2) is 4.99 Å². The summed E-state index contributed by atoms with van der Waals surface area (Å²) in [6, 6.07) is 0. The van der Waals surface area contributed by atoms with Crippen molar-refractivity contribution in [3.63, 3.8) is 0 Å². The highest BCUT2D eigenvalue weighted by Crippen LogP contribution is 2.35. The second-order valence-corrected chi connectivity index (χ2v) is 7.43. The largest absolute Gasteiger partial charge is 0.392 e. The third-order valence-corrected chi connectivity index (χ3v) is 5.32. The molecule has 0 aromatic carbocycles. The van der Waals surface area contributed by atoms with Gasteiger partial charge in [-0.1, -0.05) is 19.8 Å². The van der Waals surface area contributed by atoms with Crippen LogP contribution in [0.5, 0.6) is 0 Å². The van der Waals surface area contributed by atoms with Gasteiger partial charge in [0.1, 0.15) is 12.4 Å². The Morgan fingerprint density at radius 2 is 2.15 bits per heavy atom. The van der Waals surface area contributed by atoms with Gasteiger partial charge in [0.15, 0.2) is 11.8 Å². The van der Waals surface area contributed by atoms with Gasteiger partial charge in [-0.3, -0.25) is 0 Å². The number of guanidine groups is 1. The quantitative estimate of drug-likeness (QED) is 0.221. The van der Waals surface area contributed by atoms with E-state index in [1.165, 1.54) is 6.42 Å². The van der Waals surface area contributed by atoms with Crippen LogP contribution in [0, 0.1) is 12.3 Å². The summed E-state index contributed by atoms with van der Waals surface area (Å²) in [5.41, 5.74) is -0.116. The summed E-state index contributed by atoms with van der Waals surface area (Å²) in [7, 11) is 3.65. The zero-order valence-corrected chi connectivity index (χ0v) is 19.3. The van der Waals surface area contributed by atoms with Crippen LogP contribution in [-0.2, 0) is 18.3 Å². The molecule has 1 aliphatic carbocycles. The summed E-state index contributed by atoms with van der Waals surface area (Å²) >= 11 is 0. The van der Waals surface area contributed by atoms with Crippen molar-refractivity contribution in [3.05, 3.63) is 11.6 Å². The summed E-state index contributed by atoms with van der Waals surface area (Å²) in [6.07, 6.45) is 4.82. The van der Waals surface area contributed by atoms with Crippen molar-refractivity contribution < 1.29 is 9.84 Å². The Labute approximate surface area is 179 Å². The third-order valence-electron chi connectivity index (χ3n) is 5.32. The highest BCUT2D eigenvalue weighted by Gasteiger charge is 2.35. The second-order valence-electron chi connectivity index (χ2n) is 7.43. The van der Waals surface area contributed by atoms with Gasteiger partial charge in [0.05, 0.1) is 6.10 Å². The van der Waals surface area contributed by atoms with Gasteiger partial charge in [0.25, 0.3) is 0 Å². The molecular formula is C18H35IN6O2. The number of halogens is 1. The molecule has 3 N–H and O–H groups in total. The van der Waals surface area contributed by atoms with Crippen LogP contribution in [-0.4, -0.2) is 58.7 Å². The van der Waals surface area contributed by atoms with E-state index in [0.29, 0.717) is 19.7 Å². The van der Waals surface area contributed by atoms with Crippen LogP contribution in [0.4, 0.5) is 0 Å². The fourth-order valence-corrected chi connectivity index (χ4v) is 3.21. The zero-order chi connectivity index (χ0) is 19.0. The molecule has 1 saturated carbocycles. The molecule has 156 valence electrons. The standard InChI is InChI=1S/C18H34N6O2.HI/c1-14-22-23-16(24(14)3)12-20-17(19-10-7-11-26-4)21-13-18(2)9-6-5-8-15(18)25;/h15,25H,5-13H2,1-4H3,(H2,19,20,21);1H. The first kappa shape index (κ1) is 24.1. The summed E-state index contributed by atoms with van der Waals surface area (Å²) in [5.74, 6) is 2.43. The number of aliphatic imine (C=N–C) groups is 1. The van der Waals surface area contributed by atoms with E-state index in [4.69, 9.17) is 4.74 Å². The average Bonchev–Trinajstić information content (AvgIpc) is 2.95.